The SMILES string of the molecule is CC(C)NC(=O)N1CCN(C(=O)c2ccccc2)C[C@H]1C(=O)N[C@@H]1CCCNC1=O. The molecule has 5 amide bonds. The van der Waals surface area contributed by atoms with Crippen LogP contribution in [0.15, 0.2) is 30.3 Å². The Morgan fingerprint density at radius 2 is 1.87 bits per heavy atom. The van der Waals surface area contributed by atoms with Crippen LogP contribution in [0, 0.1) is 0 Å². The predicted molar refractivity (Wildman–Crippen MR) is 111 cm³/mol. The van der Waals surface area contributed by atoms with Crippen molar-refractivity contribution in [3.05, 3.63) is 35.9 Å². The molecule has 0 radical (unpaired) electrons. The van der Waals surface area contributed by atoms with Gasteiger partial charge in [-0.15, -0.1) is 0 Å². The molecule has 2 aliphatic rings. The summed E-state index contributed by atoms with van der Waals surface area (Å²) in [6.07, 6.45) is 1.33. The van der Waals surface area contributed by atoms with Crippen molar-refractivity contribution in [3.63, 3.8) is 0 Å². The standard InChI is InChI=1S/C21H29N5O4/c1-14(2)23-21(30)26-12-11-25(20(29)15-7-4-3-5-8-15)13-17(26)19(28)24-16-9-6-10-22-18(16)27/h3-5,7-8,14,16-17H,6,9-13H2,1-2H3,(H,22,27)(H,23,30)(H,24,28)/t16-,17+/m1/s1. The Morgan fingerprint density at radius 3 is 2.53 bits per heavy atom. The van der Waals surface area contributed by atoms with E-state index in [-0.39, 0.29) is 37.0 Å². The molecule has 2 aliphatic heterocycles. The van der Waals surface area contributed by atoms with Crippen LogP contribution in [0.25, 0.3) is 0 Å². The van der Waals surface area contributed by atoms with E-state index in [4.69, 9.17) is 0 Å². The smallest absolute Gasteiger partial charge is 0.318 e. The molecular weight excluding hydrogens is 386 g/mol. The Labute approximate surface area is 176 Å². The molecule has 0 bridgehead atoms. The summed E-state index contributed by atoms with van der Waals surface area (Å²) in [4.78, 5) is 53.7. The minimum atomic E-state index is -0.875. The van der Waals surface area contributed by atoms with E-state index in [1.165, 1.54) is 4.90 Å². The van der Waals surface area contributed by atoms with Crippen molar-refractivity contribution < 1.29 is 19.2 Å². The van der Waals surface area contributed by atoms with Gasteiger partial charge in [0.05, 0.1) is 6.54 Å². The molecule has 2 atom stereocenters. The number of nitrogens with zero attached hydrogens (tertiary/aromatic N) is 2. The van der Waals surface area contributed by atoms with Gasteiger partial charge in [-0.3, -0.25) is 14.4 Å². The Bertz CT molecular complexity index is 798. The molecule has 1 aromatic carbocycles. The van der Waals surface area contributed by atoms with E-state index >= 15 is 0 Å². The molecule has 0 spiro atoms. The molecule has 30 heavy (non-hydrogen) atoms. The third-order valence-electron chi connectivity index (χ3n) is 5.27. The lowest BCUT2D eigenvalue weighted by Crippen LogP contribution is -2.65. The topological polar surface area (TPSA) is 111 Å². The monoisotopic (exact) mass is 415 g/mol. The van der Waals surface area contributed by atoms with Crippen LogP contribution >= 0.6 is 0 Å². The highest BCUT2D eigenvalue weighted by Gasteiger charge is 2.39. The summed E-state index contributed by atoms with van der Waals surface area (Å²) >= 11 is 0. The highest BCUT2D eigenvalue weighted by molar-refractivity contribution is 5.96. The Morgan fingerprint density at radius 1 is 1.13 bits per heavy atom. The zero-order valence-corrected chi connectivity index (χ0v) is 17.4. The second-order valence-corrected chi connectivity index (χ2v) is 7.93. The zero-order valence-electron chi connectivity index (χ0n) is 17.4. The Balaban J connectivity index is 1.76. The number of piperidine rings is 1. The van der Waals surface area contributed by atoms with E-state index in [1.54, 1.807) is 29.2 Å². The fraction of sp³-hybridized carbons (Fsp3) is 0.524. The predicted octanol–water partition coefficient (Wildman–Crippen LogP) is 0.326. The third kappa shape index (κ3) is 5.08. The van der Waals surface area contributed by atoms with Gasteiger partial charge in [0.25, 0.3) is 5.91 Å². The van der Waals surface area contributed by atoms with Crippen LogP contribution < -0.4 is 16.0 Å². The molecule has 0 aromatic heterocycles. The first-order chi connectivity index (χ1) is 14.4. The number of nitrogens with one attached hydrogen (secondary N) is 3. The summed E-state index contributed by atoms with van der Waals surface area (Å²) in [5.41, 5.74) is 0.531. The van der Waals surface area contributed by atoms with Crippen LogP contribution in [0.1, 0.15) is 37.0 Å². The quantitative estimate of drug-likeness (QED) is 0.658. The third-order valence-corrected chi connectivity index (χ3v) is 5.27. The molecule has 9 heteroatoms. The van der Waals surface area contributed by atoms with Gasteiger partial charge >= 0.3 is 6.03 Å². The van der Waals surface area contributed by atoms with Crippen LogP contribution in [0.3, 0.4) is 0 Å². The van der Waals surface area contributed by atoms with Crippen LogP contribution in [0.4, 0.5) is 4.79 Å². The average molecular weight is 415 g/mol. The molecule has 2 fully saturated rings. The summed E-state index contributed by atoms with van der Waals surface area (Å²) in [6.45, 7) is 4.90. The van der Waals surface area contributed by atoms with Crippen molar-refractivity contribution in [1.29, 1.82) is 0 Å². The van der Waals surface area contributed by atoms with Crippen molar-refractivity contribution in [3.8, 4) is 0 Å². The van der Waals surface area contributed by atoms with Crippen LogP contribution in [0.5, 0.6) is 0 Å². The number of hydrogen-bond donors (Lipinski definition) is 3. The maximum Gasteiger partial charge on any atom is 0.318 e. The molecule has 2 saturated heterocycles. The lowest BCUT2D eigenvalue weighted by molar-refractivity contribution is -0.133. The van der Waals surface area contributed by atoms with Crippen molar-refractivity contribution in [2.45, 2.75) is 44.8 Å². The number of carbonyl (C=O) groups excluding carboxylic acids is 4. The van der Waals surface area contributed by atoms with Gasteiger partial charge in [-0.2, -0.15) is 0 Å². The van der Waals surface area contributed by atoms with Gasteiger partial charge < -0.3 is 25.8 Å². The molecule has 3 N–H and O–H groups in total. The fourth-order valence-corrected chi connectivity index (χ4v) is 3.71. The first kappa shape index (κ1) is 21.6. The normalized spacial score (nSPS) is 21.8. The van der Waals surface area contributed by atoms with E-state index in [1.807, 2.05) is 19.9 Å². The minimum absolute atomic E-state index is 0.0689. The number of benzene rings is 1. The number of carbonyl (C=O) groups is 4. The van der Waals surface area contributed by atoms with E-state index in [0.717, 1.165) is 6.42 Å². The van der Waals surface area contributed by atoms with E-state index in [2.05, 4.69) is 16.0 Å². The molecule has 0 aliphatic carbocycles. The van der Waals surface area contributed by atoms with E-state index in [9.17, 15) is 19.2 Å². The maximum atomic E-state index is 13.1. The summed E-state index contributed by atoms with van der Waals surface area (Å²) < 4.78 is 0. The molecule has 1 aromatic rings. The van der Waals surface area contributed by atoms with E-state index < -0.39 is 18.0 Å². The van der Waals surface area contributed by atoms with Crippen LogP contribution in [-0.2, 0) is 9.59 Å². The number of rotatable bonds is 4. The van der Waals surface area contributed by atoms with Crippen molar-refractivity contribution in [2.24, 2.45) is 0 Å². The lowest BCUT2D eigenvalue weighted by Gasteiger charge is -2.41. The number of piperazine rings is 1. The van der Waals surface area contributed by atoms with Gasteiger partial charge in [0, 0.05) is 31.2 Å². The number of urea groups is 1. The molecular formula is C21H29N5O4. The first-order valence-electron chi connectivity index (χ1n) is 10.4. The highest BCUT2D eigenvalue weighted by Crippen LogP contribution is 2.15. The van der Waals surface area contributed by atoms with Gasteiger partial charge in [0.2, 0.25) is 11.8 Å². The lowest BCUT2D eigenvalue weighted by atomic mass is 10.0. The van der Waals surface area contributed by atoms with Gasteiger partial charge in [0.15, 0.2) is 0 Å². The Kier molecular flexibility index (Phi) is 6.91. The van der Waals surface area contributed by atoms with Crippen molar-refractivity contribution in [2.75, 3.05) is 26.2 Å². The van der Waals surface area contributed by atoms with Gasteiger partial charge in [-0.05, 0) is 38.8 Å². The first-order valence-corrected chi connectivity index (χ1v) is 10.4. The minimum Gasteiger partial charge on any atom is -0.354 e. The van der Waals surface area contributed by atoms with E-state index in [0.29, 0.717) is 25.1 Å². The number of hydrogen-bond acceptors (Lipinski definition) is 4. The van der Waals surface area contributed by atoms with Crippen molar-refractivity contribution >= 4 is 23.8 Å². The summed E-state index contributed by atoms with van der Waals surface area (Å²) in [6, 6.07) is 6.90. The molecule has 162 valence electrons. The maximum absolute atomic E-state index is 13.1. The highest BCUT2D eigenvalue weighted by atomic mass is 16.2. The summed E-state index contributed by atoms with van der Waals surface area (Å²) in [5.74, 6) is -0.838. The van der Waals surface area contributed by atoms with Gasteiger partial charge in [0.1, 0.15) is 12.1 Å². The van der Waals surface area contributed by atoms with Gasteiger partial charge in [-0.25, -0.2) is 4.79 Å². The molecule has 0 saturated carbocycles. The second-order valence-electron chi connectivity index (χ2n) is 7.93. The van der Waals surface area contributed by atoms with Crippen molar-refractivity contribution in [1.82, 2.24) is 25.8 Å². The van der Waals surface area contributed by atoms with Gasteiger partial charge in [-0.1, -0.05) is 18.2 Å². The fourth-order valence-electron chi connectivity index (χ4n) is 3.71. The van der Waals surface area contributed by atoms with Crippen LogP contribution in [-0.4, -0.2) is 77.9 Å². The Hall–Kier alpha value is -3.10. The zero-order chi connectivity index (χ0) is 21.7. The van der Waals surface area contributed by atoms with Crippen LogP contribution in [0.2, 0.25) is 0 Å². The molecule has 0 unspecified atom stereocenters. The average Bonchev–Trinajstić information content (AvgIpc) is 2.74. The molecule has 9 nitrogen and oxygen atoms in total. The largest absolute Gasteiger partial charge is 0.354 e. The summed E-state index contributed by atoms with van der Waals surface area (Å²) in [5, 5.41) is 8.31. The second kappa shape index (κ2) is 9.60. The molecule has 3 rings (SSSR count). The molecule has 2 heterocycles. The summed E-state index contributed by atoms with van der Waals surface area (Å²) in [7, 11) is 0. The number of amides is 5.